The fourth-order valence-electron chi connectivity index (χ4n) is 1.11. The van der Waals surface area contributed by atoms with Crippen LogP contribution in [0.5, 0.6) is 0 Å². The molecule has 0 saturated carbocycles. The smallest absolute Gasteiger partial charge is 0.242 e. The molecular weight excluding hydrogens is 168 g/mol. The van der Waals surface area contributed by atoms with E-state index in [-0.39, 0.29) is 12.5 Å². The molecule has 0 spiro atoms. The van der Waals surface area contributed by atoms with Crippen molar-refractivity contribution in [1.82, 2.24) is 4.90 Å². The molecule has 4 nitrogen and oxygen atoms in total. The van der Waals surface area contributed by atoms with Crippen molar-refractivity contribution in [2.24, 2.45) is 5.73 Å². The minimum atomic E-state index is -0.843. The lowest BCUT2D eigenvalue weighted by atomic mass is 10.1. The lowest BCUT2D eigenvalue weighted by Gasteiger charge is -2.28. The zero-order valence-corrected chi connectivity index (χ0v) is 8.71. The second-order valence-corrected chi connectivity index (χ2v) is 3.74. The van der Waals surface area contributed by atoms with E-state index in [2.05, 4.69) is 0 Å². The predicted octanol–water partition coefficient (Wildman–Crippen LogP) is -0.0454. The predicted molar refractivity (Wildman–Crippen MR) is 52.2 cm³/mol. The highest BCUT2D eigenvalue weighted by Gasteiger charge is 2.26. The maximum atomic E-state index is 11.6. The molecule has 78 valence electrons. The minimum Gasteiger partial charge on any atom is -0.395 e. The molecule has 0 aliphatic rings. The summed E-state index contributed by atoms with van der Waals surface area (Å²) < 4.78 is 0. The summed E-state index contributed by atoms with van der Waals surface area (Å²) in [5, 5.41) is 8.74. The Labute approximate surface area is 79.7 Å². The summed E-state index contributed by atoms with van der Waals surface area (Å²) >= 11 is 0. The third kappa shape index (κ3) is 4.24. The Bertz CT molecular complexity index is 157. The number of hydrogen-bond donors (Lipinski definition) is 2. The van der Waals surface area contributed by atoms with Gasteiger partial charge in [-0.25, -0.2) is 0 Å². The third-order valence-corrected chi connectivity index (χ3v) is 1.70. The number of hydrogen-bond acceptors (Lipinski definition) is 3. The standard InChI is InChI=1S/C9H20N2O2/c1-4-5-11(6-7-12)8(13)9(2,3)10/h12H,4-7,10H2,1-3H3. The molecule has 13 heavy (non-hydrogen) atoms. The van der Waals surface area contributed by atoms with Crippen LogP contribution in [-0.4, -0.2) is 41.1 Å². The number of amides is 1. The van der Waals surface area contributed by atoms with Gasteiger partial charge in [-0.2, -0.15) is 0 Å². The van der Waals surface area contributed by atoms with Crippen molar-refractivity contribution in [3.63, 3.8) is 0 Å². The topological polar surface area (TPSA) is 66.6 Å². The lowest BCUT2D eigenvalue weighted by Crippen LogP contribution is -2.52. The molecule has 3 N–H and O–H groups in total. The average Bonchev–Trinajstić information content (AvgIpc) is 2.01. The van der Waals surface area contributed by atoms with Crippen molar-refractivity contribution in [3.05, 3.63) is 0 Å². The van der Waals surface area contributed by atoms with Crippen LogP contribution in [0.3, 0.4) is 0 Å². The maximum absolute atomic E-state index is 11.6. The Hall–Kier alpha value is -0.610. The van der Waals surface area contributed by atoms with Crippen LogP contribution in [0, 0.1) is 0 Å². The van der Waals surface area contributed by atoms with Gasteiger partial charge in [-0.15, -0.1) is 0 Å². The first-order valence-corrected chi connectivity index (χ1v) is 4.62. The van der Waals surface area contributed by atoms with Gasteiger partial charge in [-0.05, 0) is 20.3 Å². The van der Waals surface area contributed by atoms with Crippen LogP contribution in [0.1, 0.15) is 27.2 Å². The first kappa shape index (κ1) is 12.4. The van der Waals surface area contributed by atoms with Crippen molar-refractivity contribution in [3.8, 4) is 0 Å². The fraction of sp³-hybridized carbons (Fsp3) is 0.889. The van der Waals surface area contributed by atoms with E-state index in [1.54, 1.807) is 18.7 Å². The molecule has 0 heterocycles. The maximum Gasteiger partial charge on any atom is 0.242 e. The van der Waals surface area contributed by atoms with E-state index in [1.165, 1.54) is 0 Å². The first-order chi connectivity index (χ1) is 5.93. The largest absolute Gasteiger partial charge is 0.395 e. The number of aliphatic hydroxyl groups excluding tert-OH is 1. The quantitative estimate of drug-likeness (QED) is 0.636. The minimum absolute atomic E-state index is 0.0121. The van der Waals surface area contributed by atoms with Gasteiger partial charge in [0.1, 0.15) is 0 Å². The van der Waals surface area contributed by atoms with Gasteiger partial charge in [-0.3, -0.25) is 4.79 Å². The van der Waals surface area contributed by atoms with Gasteiger partial charge < -0.3 is 15.7 Å². The van der Waals surface area contributed by atoms with Crippen LogP contribution >= 0.6 is 0 Å². The van der Waals surface area contributed by atoms with Gasteiger partial charge in [0.05, 0.1) is 12.1 Å². The van der Waals surface area contributed by atoms with Crippen molar-refractivity contribution in [2.45, 2.75) is 32.7 Å². The van der Waals surface area contributed by atoms with Crippen molar-refractivity contribution in [1.29, 1.82) is 0 Å². The van der Waals surface area contributed by atoms with Crippen molar-refractivity contribution < 1.29 is 9.90 Å². The van der Waals surface area contributed by atoms with Crippen LogP contribution in [0.4, 0.5) is 0 Å². The second-order valence-electron chi connectivity index (χ2n) is 3.74. The SMILES string of the molecule is CCCN(CCO)C(=O)C(C)(C)N. The first-order valence-electron chi connectivity index (χ1n) is 4.62. The van der Waals surface area contributed by atoms with Gasteiger partial charge >= 0.3 is 0 Å². The van der Waals surface area contributed by atoms with Crippen LogP contribution in [-0.2, 0) is 4.79 Å². The second kappa shape index (κ2) is 5.19. The molecular formula is C9H20N2O2. The Morgan fingerprint density at radius 3 is 2.31 bits per heavy atom. The van der Waals surface area contributed by atoms with E-state index in [1.807, 2.05) is 6.92 Å². The molecule has 0 aliphatic heterocycles. The zero-order valence-electron chi connectivity index (χ0n) is 8.71. The highest BCUT2D eigenvalue weighted by atomic mass is 16.3. The summed E-state index contributed by atoms with van der Waals surface area (Å²) in [6.07, 6.45) is 0.877. The van der Waals surface area contributed by atoms with E-state index in [4.69, 9.17) is 10.8 Å². The molecule has 0 saturated heterocycles. The van der Waals surface area contributed by atoms with Gasteiger partial charge in [0.25, 0.3) is 0 Å². The number of rotatable bonds is 5. The van der Waals surface area contributed by atoms with Gasteiger partial charge in [0.2, 0.25) is 5.91 Å². The van der Waals surface area contributed by atoms with E-state index in [9.17, 15) is 4.79 Å². The van der Waals surface area contributed by atoms with Gasteiger partial charge in [-0.1, -0.05) is 6.92 Å². The molecule has 0 aliphatic carbocycles. The van der Waals surface area contributed by atoms with Crippen LogP contribution < -0.4 is 5.73 Å². The van der Waals surface area contributed by atoms with Crippen molar-refractivity contribution >= 4 is 5.91 Å². The van der Waals surface area contributed by atoms with E-state index >= 15 is 0 Å². The Kier molecular flexibility index (Phi) is 4.95. The molecule has 0 radical (unpaired) electrons. The summed E-state index contributed by atoms with van der Waals surface area (Å²) in [5.74, 6) is -0.108. The van der Waals surface area contributed by atoms with E-state index in [0.717, 1.165) is 6.42 Å². The molecule has 0 fully saturated rings. The molecule has 0 aromatic heterocycles. The highest BCUT2D eigenvalue weighted by molar-refractivity contribution is 5.85. The van der Waals surface area contributed by atoms with Gasteiger partial charge in [0.15, 0.2) is 0 Å². The third-order valence-electron chi connectivity index (χ3n) is 1.70. The zero-order chi connectivity index (χ0) is 10.5. The molecule has 0 rings (SSSR count). The molecule has 0 bridgehead atoms. The average molecular weight is 188 g/mol. The number of carbonyl (C=O) groups is 1. The number of nitrogens with two attached hydrogens (primary N) is 1. The van der Waals surface area contributed by atoms with Crippen LogP contribution in [0.25, 0.3) is 0 Å². The molecule has 0 aromatic rings. The van der Waals surface area contributed by atoms with Gasteiger partial charge in [0, 0.05) is 13.1 Å². The molecule has 1 amide bonds. The monoisotopic (exact) mass is 188 g/mol. The normalized spacial score (nSPS) is 11.5. The van der Waals surface area contributed by atoms with E-state index < -0.39 is 5.54 Å². The molecule has 0 unspecified atom stereocenters. The number of nitrogens with zero attached hydrogens (tertiary/aromatic N) is 1. The highest BCUT2D eigenvalue weighted by Crippen LogP contribution is 2.04. The Morgan fingerprint density at radius 2 is 2.00 bits per heavy atom. The molecule has 0 aromatic carbocycles. The molecule has 4 heteroatoms. The van der Waals surface area contributed by atoms with Crippen molar-refractivity contribution in [2.75, 3.05) is 19.7 Å². The Morgan fingerprint density at radius 1 is 1.46 bits per heavy atom. The summed E-state index contributed by atoms with van der Waals surface area (Å²) in [5.41, 5.74) is 4.82. The summed E-state index contributed by atoms with van der Waals surface area (Å²) in [7, 11) is 0. The van der Waals surface area contributed by atoms with E-state index in [0.29, 0.717) is 13.1 Å². The summed E-state index contributed by atoms with van der Waals surface area (Å²) in [4.78, 5) is 13.2. The summed E-state index contributed by atoms with van der Waals surface area (Å²) in [6.45, 7) is 6.35. The fourth-order valence-corrected chi connectivity index (χ4v) is 1.11. The lowest BCUT2D eigenvalue weighted by molar-refractivity contribution is -0.136. The number of carbonyl (C=O) groups excluding carboxylic acids is 1. The summed E-state index contributed by atoms with van der Waals surface area (Å²) in [6, 6.07) is 0. The Balaban J connectivity index is 4.27. The van der Waals surface area contributed by atoms with Crippen LogP contribution in [0.15, 0.2) is 0 Å². The molecule has 0 atom stereocenters. The number of aliphatic hydroxyl groups is 1. The van der Waals surface area contributed by atoms with Crippen LogP contribution in [0.2, 0.25) is 0 Å².